The number of H-pyrrole nitrogens is 1. The smallest absolute Gasteiger partial charge is 0.233 e. The number of carbonyl (C=O) groups is 2. The summed E-state index contributed by atoms with van der Waals surface area (Å²) in [7, 11) is 0. The predicted molar refractivity (Wildman–Crippen MR) is 147 cm³/mol. The van der Waals surface area contributed by atoms with Gasteiger partial charge in [-0.25, -0.2) is 5.10 Å². The molecule has 0 aliphatic heterocycles. The zero-order valence-electron chi connectivity index (χ0n) is 20.7. The van der Waals surface area contributed by atoms with Crippen LogP contribution in [0.15, 0.2) is 78.9 Å². The van der Waals surface area contributed by atoms with Gasteiger partial charge >= 0.3 is 0 Å². The van der Waals surface area contributed by atoms with Crippen molar-refractivity contribution in [3.05, 3.63) is 90.0 Å². The van der Waals surface area contributed by atoms with Gasteiger partial charge in [-0.2, -0.15) is 12.6 Å². The Labute approximate surface area is 221 Å². The van der Waals surface area contributed by atoms with Crippen LogP contribution in [-0.4, -0.2) is 55.7 Å². The van der Waals surface area contributed by atoms with Gasteiger partial charge in [0.25, 0.3) is 0 Å². The Morgan fingerprint density at radius 2 is 1.65 bits per heavy atom. The Morgan fingerprint density at radius 3 is 2.32 bits per heavy atom. The molecule has 0 saturated heterocycles. The summed E-state index contributed by atoms with van der Waals surface area (Å²) in [5, 5.41) is 16.7. The maximum atomic E-state index is 12.6. The van der Waals surface area contributed by atoms with E-state index in [4.69, 9.17) is 0 Å². The summed E-state index contributed by atoms with van der Waals surface area (Å²) < 4.78 is 0. The largest absolute Gasteiger partial charge is 0.353 e. The molecule has 37 heavy (non-hydrogen) atoms. The van der Waals surface area contributed by atoms with E-state index in [0.29, 0.717) is 38.3 Å². The molecule has 0 unspecified atom stereocenters. The lowest BCUT2D eigenvalue weighted by Gasteiger charge is -2.23. The highest BCUT2D eigenvalue weighted by Gasteiger charge is 2.17. The van der Waals surface area contributed by atoms with Gasteiger partial charge in [-0.05, 0) is 39.1 Å². The van der Waals surface area contributed by atoms with Gasteiger partial charge in [0, 0.05) is 31.6 Å². The SMILES string of the molecule is CCC(=O)N(CCNC(=O)[C@@H](S)Cc1ccccc1)Cc1ccc(-c2ccccc2-c2nnn[nH]2)cc1. The number of thiol groups is 1. The fraction of sp³-hybridized carbons (Fsp3) is 0.250. The van der Waals surface area contributed by atoms with Crippen LogP contribution >= 0.6 is 12.6 Å². The third-order valence-corrected chi connectivity index (χ3v) is 6.49. The van der Waals surface area contributed by atoms with Crippen molar-refractivity contribution in [1.29, 1.82) is 0 Å². The molecule has 0 aliphatic rings. The van der Waals surface area contributed by atoms with E-state index in [1.54, 1.807) is 4.90 Å². The molecule has 0 radical (unpaired) electrons. The molecule has 0 aliphatic carbocycles. The van der Waals surface area contributed by atoms with Crippen LogP contribution in [0.1, 0.15) is 24.5 Å². The quantitative estimate of drug-likeness (QED) is 0.263. The summed E-state index contributed by atoms with van der Waals surface area (Å²) in [5.41, 5.74) is 5.01. The first-order valence-corrected chi connectivity index (χ1v) is 12.8. The van der Waals surface area contributed by atoms with E-state index >= 15 is 0 Å². The molecular formula is C28H30N6O2S. The molecule has 4 rings (SSSR count). The Morgan fingerprint density at radius 1 is 0.946 bits per heavy atom. The van der Waals surface area contributed by atoms with E-state index in [1.165, 1.54) is 0 Å². The molecular weight excluding hydrogens is 484 g/mol. The molecule has 1 aromatic heterocycles. The number of rotatable bonds is 11. The lowest BCUT2D eigenvalue weighted by Crippen LogP contribution is -2.40. The molecule has 3 aromatic carbocycles. The van der Waals surface area contributed by atoms with Gasteiger partial charge < -0.3 is 10.2 Å². The molecule has 1 heterocycles. The molecule has 4 aromatic rings. The van der Waals surface area contributed by atoms with E-state index in [2.05, 4.69) is 38.6 Å². The van der Waals surface area contributed by atoms with Gasteiger partial charge in [0.05, 0.1) is 5.25 Å². The van der Waals surface area contributed by atoms with Gasteiger partial charge in [-0.15, -0.1) is 5.10 Å². The minimum absolute atomic E-state index is 0.0354. The number of carbonyl (C=O) groups excluding carboxylic acids is 2. The Bertz CT molecular complexity index is 1300. The normalized spacial score (nSPS) is 11.6. The van der Waals surface area contributed by atoms with Gasteiger partial charge in [-0.3, -0.25) is 9.59 Å². The predicted octanol–water partition coefficient (Wildman–Crippen LogP) is 3.93. The summed E-state index contributed by atoms with van der Waals surface area (Å²) in [4.78, 5) is 26.9. The molecule has 190 valence electrons. The number of tetrazole rings is 1. The third-order valence-electron chi connectivity index (χ3n) is 6.08. The van der Waals surface area contributed by atoms with E-state index in [0.717, 1.165) is 27.8 Å². The minimum atomic E-state index is -0.444. The van der Waals surface area contributed by atoms with Crippen LogP contribution in [0.25, 0.3) is 22.5 Å². The molecule has 2 amide bonds. The zero-order valence-corrected chi connectivity index (χ0v) is 21.6. The first kappa shape index (κ1) is 26.1. The van der Waals surface area contributed by atoms with Gasteiger partial charge in [-0.1, -0.05) is 85.8 Å². The number of benzene rings is 3. The van der Waals surface area contributed by atoms with E-state index in [-0.39, 0.29) is 11.8 Å². The number of nitrogens with one attached hydrogen (secondary N) is 2. The Balaban J connectivity index is 1.36. The highest BCUT2D eigenvalue weighted by atomic mass is 32.1. The van der Waals surface area contributed by atoms with Gasteiger partial charge in [0.2, 0.25) is 11.8 Å². The molecule has 8 nitrogen and oxygen atoms in total. The lowest BCUT2D eigenvalue weighted by atomic mass is 9.98. The fourth-order valence-corrected chi connectivity index (χ4v) is 4.40. The first-order valence-electron chi connectivity index (χ1n) is 12.2. The number of amides is 2. The van der Waals surface area contributed by atoms with Gasteiger partial charge in [0.15, 0.2) is 5.82 Å². The second-order valence-corrected chi connectivity index (χ2v) is 9.28. The molecule has 0 bridgehead atoms. The van der Waals surface area contributed by atoms with Crippen molar-refractivity contribution in [2.24, 2.45) is 0 Å². The Hall–Kier alpha value is -3.98. The fourth-order valence-electron chi connectivity index (χ4n) is 4.10. The van der Waals surface area contributed by atoms with Crippen LogP contribution < -0.4 is 5.32 Å². The summed E-state index contributed by atoms with van der Waals surface area (Å²) in [6.07, 6.45) is 0.948. The van der Waals surface area contributed by atoms with Crippen molar-refractivity contribution in [2.45, 2.75) is 31.6 Å². The molecule has 0 spiro atoms. The van der Waals surface area contributed by atoms with Crippen LogP contribution in [0.3, 0.4) is 0 Å². The second-order valence-electron chi connectivity index (χ2n) is 8.66. The van der Waals surface area contributed by atoms with Crippen molar-refractivity contribution < 1.29 is 9.59 Å². The average molecular weight is 515 g/mol. The number of aromatic amines is 1. The Kier molecular flexibility index (Phi) is 9.04. The van der Waals surface area contributed by atoms with Crippen LogP contribution in [0, 0.1) is 0 Å². The van der Waals surface area contributed by atoms with Crippen LogP contribution in [0.4, 0.5) is 0 Å². The molecule has 0 saturated carbocycles. The van der Waals surface area contributed by atoms with Crippen LogP contribution in [0.2, 0.25) is 0 Å². The number of hydrogen-bond donors (Lipinski definition) is 3. The van der Waals surface area contributed by atoms with Crippen molar-refractivity contribution in [3.63, 3.8) is 0 Å². The van der Waals surface area contributed by atoms with Crippen molar-refractivity contribution in [1.82, 2.24) is 30.8 Å². The minimum Gasteiger partial charge on any atom is -0.353 e. The highest BCUT2D eigenvalue weighted by Crippen LogP contribution is 2.29. The average Bonchev–Trinajstić information content (AvgIpc) is 3.48. The van der Waals surface area contributed by atoms with Crippen LogP contribution in [-0.2, 0) is 22.6 Å². The van der Waals surface area contributed by atoms with Crippen LogP contribution in [0.5, 0.6) is 0 Å². The van der Waals surface area contributed by atoms with Crippen molar-refractivity contribution >= 4 is 24.4 Å². The summed E-state index contributed by atoms with van der Waals surface area (Å²) in [6.45, 7) is 3.10. The number of nitrogens with zero attached hydrogens (tertiary/aromatic N) is 4. The highest BCUT2D eigenvalue weighted by molar-refractivity contribution is 7.81. The maximum absolute atomic E-state index is 12.6. The topological polar surface area (TPSA) is 104 Å². The molecule has 2 N–H and O–H groups in total. The summed E-state index contributed by atoms with van der Waals surface area (Å²) >= 11 is 4.46. The molecule has 0 fully saturated rings. The van der Waals surface area contributed by atoms with Gasteiger partial charge in [0.1, 0.15) is 0 Å². The molecule has 1 atom stereocenters. The first-order chi connectivity index (χ1) is 18.0. The van der Waals surface area contributed by atoms with E-state index in [1.807, 2.05) is 85.8 Å². The monoisotopic (exact) mass is 514 g/mol. The summed E-state index contributed by atoms with van der Waals surface area (Å²) in [6, 6.07) is 25.8. The molecule has 9 heteroatoms. The second kappa shape index (κ2) is 12.8. The third kappa shape index (κ3) is 7.04. The number of hydrogen-bond acceptors (Lipinski definition) is 6. The standard InChI is InChI=1S/C28H30N6O2S/c1-2-26(35)34(17-16-29-28(36)25(37)18-20-8-4-3-5-9-20)19-21-12-14-22(15-13-21)23-10-6-7-11-24(23)27-30-32-33-31-27/h3-15,25,37H,2,16-19H2,1H3,(H,29,36)(H,30,31,32,33)/t25-/m0/s1. The van der Waals surface area contributed by atoms with Crippen molar-refractivity contribution in [2.75, 3.05) is 13.1 Å². The van der Waals surface area contributed by atoms with Crippen molar-refractivity contribution in [3.8, 4) is 22.5 Å². The zero-order chi connectivity index (χ0) is 26.0. The van der Waals surface area contributed by atoms with E-state index in [9.17, 15) is 9.59 Å². The maximum Gasteiger partial charge on any atom is 0.233 e. The van der Waals surface area contributed by atoms with E-state index < -0.39 is 5.25 Å². The number of aromatic nitrogens is 4. The lowest BCUT2D eigenvalue weighted by molar-refractivity contribution is -0.132. The summed E-state index contributed by atoms with van der Waals surface area (Å²) in [5.74, 6) is 0.503.